The number of carboxylic acid groups (broad SMARTS) is 1. The Morgan fingerprint density at radius 2 is 1.68 bits per heavy atom. The summed E-state index contributed by atoms with van der Waals surface area (Å²) in [7, 11) is 0. The van der Waals surface area contributed by atoms with Crippen molar-refractivity contribution in [3.63, 3.8) is 0 Å². The first-order chi connectivity index (χ1) is 16.2. The lowest BCUT2D eigenvalue weighted by Gasteiger charge is -2.25. The van der Waals surface area contributed by atoms with E-state index in [1.54, 1.807) is 6.20 Å². The quantitative estimate of drug-likeness (QED) is 0.106. The number of amides is 3. The number of aliphatic carboxylic acids is 1. The Hall–Kier alpha value is -2.68. The SMILES string of the molecule is CSCCC(NC(=O)C(CCCCN)NC(=O)C(N)Cc1cnc[nH]1)C(=O)NC(CO)C(=O)O. The molecule has 14 heteroatoms. The van der Waals surface area contributed by atoms with Crippen LogP contribution >= 0.6 is 11.8 Å². The predicted octanol–water partition coefficient (Wildman–Crippen LogP) is -2.31. The summed E-state index contributed by atoms with van der Waals surface area (Å²) < 4.78 is 0. The highest BCUT2D eigenvalue weighted by Gasteiger charge is 2.30. The molecule has 0 aliphatic heterocycles. The molecule has 0 aromatic carbocycles. The number of aromatic nitrogens is 2. The number of unbranched alkanes of at least 4 members (excludes halogenated alkanes) is 1. The third kappa shape index (κ3) is 10.5. The zero-order valence-corrected chi connectivity index (χ0v) is 20.0. The number of aromatic amines is 1. The molecule has 3 amide bonds. The zero-order valence-electron chi connectivity index (χ0n) is 19.2. The van der Waals surface area contributed by atoms with Gasteiger partial charge in [-0.15, -0.1) is 0 Å². The van der Waals surface area contributed by atoms with Gasteiger partial charge in [0, 0.05) is 18.3 Å². The lowest BCUT2D eigenvalue weighted by atomic mass is 10.1. The maximum Gasteiger partial charge on any atom is 0.328 e. The summed E-state index contributed by atoms with van der Waals surface area (Å²) in [6.07, 6.45) is 6.71. The molecule has 10 N–H and O–H groups in total. The number of carboxylic acids is 1. The van der Waals surface area contributed by atoms with Crippen molar-refractivity contribution in [2.75, 3.05) is 25.2 Å². The van der Waals surface area contributed by atoms with Crippen LogP contribution in [0, 0.1) is 0 Å². The lowest BCUT2D eigenvalue weighted by Crippen LogP contribution is -2.57. The first-order valence-corrected chi connectivity index (χ1v) is 12.3. The first kappa shape index (κ1) is 29.4. The van der Waals surface area contributed by atoms with Crippen LogP contribution in [0.1, 0.15) is 31.4 Å². The highest BCUT2D eigenvalue weighted by Crippen LogP contribution is 2.07. The van der Waals surface area contributed by atoms with Crippen LogP contribution in [0.2, 0.25) is 0 Å². The number of nitrogens with one attached hydrogen (secondary N) is 4. The summed E-state index contributed by atoms with van der Waals surface area (Å²) in [4.78, 5) is 56.1. The van der Waals surface area contributed by atoms with Gasteiger partial charge in [0.25, 0.3) is 0 Å². The summed E-state index contributed by atoms with van der Waals surface area (Å²) in [5, 5.41) is 25.7. The average Bonchev–Trinajstić information content (AvgIpc) is 3.31. The van der Waals surface area contributed by atoms with Gasteiger partial charge in [0.15, 0.2) is 0 Å². The minimum atomic E-state index is -1.50. The molecule has 1 aromatic rings. The van der Waals surface area contributed by atoms with Crippen LogP contribution in [0.5, 0.6) is 0 Å². The van der Waals surface area contributed by atoms with Gasteiger partial charge >= 0.3 is 5.97 Å². The molecule has 4 unspecified atom stereocenters. The number of rotatable bonds is 17. The molecule has 0 aliphatic carbocycles. The second kappa shape index (κ2) is 16.0. The Morgan fingerprint density at radius 1 is 1.06 bits per heavy atom. The van der Waals surface area contributed by atoms with E-state index in [0.29, 0.717) is 30.8 Å². The van der Waals surface area contributed by atoms with Crippen LogP contribution in [0.25, 0.3) is 0 Å². The average molecular weight is 502 g/mol. The number of carbonyl (C=O) groups excluding carboxylic acids is 3. The van der Waals surface area contributed by atoms with Crippen LogP contribution in [0.3, 0.4) is 0 Å². The third-order valence-corrected chi connectivity index (χ3v) is 5.60. The number of aliphatic hydroxyl groups is 1. The van der Waals surface area contributed by atoms with E-state index in [4.69, 9.17) is 16.6 Å². The molecular weight excluding hydrogens is 466 g/mol. The van der Waals surface area contributed by atoms with E-state index >= 15 is 0 Å². The van der Waals surface area contributed by atoms with Gasteiger partial charge < -0.3 is 42.6 Å². The molecule has 0 radical (unpaired) electrons. The van der Waals surface area contributed by atoms with Crippen molar-refractivity contribution >= 4 is 35.5 Å². The van der Waals surface area contributed by atoms with E-state index in [1.165, 1.54) is 18.1 Å². The van der Waals surface area contributed by atoms with Gasteiger partial charge in [0.1, 0.15) is 18.1 Å². The molecule has 0 bridgehead atoms. The van der Waals surface area contributed by atoms with Crippen LogP contribution in [-0.4, -0.2) is 93.2 Å². The van der Waals surface area contributed by atoms with Gasteiger partial charge in [-0.05, 0) is 44.2 Å². The smallest absolute Gasteiger partial charge is 0.328 e. The number of hydrogen-bond acceptors (Lipinski definition) is 9. The predicted molar refractivity (Wildman–Crippen MR) is 127 cm³/mol. The Labute approximate surface area is 202 Å². The molecule has 192 valence electrons. The number of imidazole rings is 1. The maximum absolute atomic E-state index is 13.0. The number of thioether (sulfide) groups is 1. The largest absolute Gasteiger partial charge is 0.480 e. The van der Waals surface area contributed by atoms with Crippen molar-refractivity contribution in [3.05, 3.63) is 18.2 Å². The van der Waals surface area contributed by atoms with E-state index in [9.17, 15) is 24.3 Å². The molecule has 34 heavy (non-hydrogen) atoms. The van der Waals surface area contributed by atoms with Gasteiger partial charge in [-0.3, -0.25) is 14.4 Å². The van der Waals surface area contributed by atoms with Crippen molar-refractivity contribution < 1.29 is 29.4 Å². The summed E-state index contributed by atoms with van der Waals surface area (Å²) in [6.45, 7) is -0.381. The number of nitrogens with two attached hydrogens (primary N) is 2. The van der Waals surface area contributed by atoms with Gasteiger partial charge in [0.05, 0.1) is 19.0 Å². The fourth-order valence-electron chi connectivity index (χ4n) is 3.00. The third-order valence-electron chi connectivity index (χ3n) is 4.95. The summed E-state index contributed by atoms with van der Waals surface area (Å²) in [5.74, 6) is -2.78. The van der Waals surface area contributed by atoms with Crippen molar-refractivity contribution in [1.82, 2.24) is 25.9 Å². The summed E-state index contributed by atoms with van der Waals surface area (Å²) in [5.41, 5.74) is 12.2. The molecule has 0 fully saturated rings. The highest BCUT2D eigenvalue weighted by atomic mass is 32.2. The number of nitrogens with zero attached hydrogens (tertiary/aromatic N) is 1. The maximum atomic E-state index is 13.0. The van der Waals surface area contributed by atoms with Crippen LogP contribution in [0.15, 0.2) is 12.5 Å². The molecule has 0 saturated carbocycles. The van der Waals surface area contributed by atoms with Crippen molar-refractivity contribution in [2.45, 2.75) is 56.3 Å². The zero-order chi connectivity index (χ0) is 25.5. The van der Waals surface area contributed by atoms with Gasteiger partial charge in [-0.1, -0.05) is 0 Å². The van der Waals surface area contributed by atoms with Gasteiger partial charge in [-0.2, -0.15) is 11.8 Å². The fraction of sp³-hybridized carbons (Fsp3) is 0.650. The minimum Gasteiger partial charge on any atom is -0.480 e. The van der Waals surface area contributed by atoms with Crippen LogP contribution in [0.4, 0.5) is 0 Å². The Bertz CT molecular complexity index is 779. The van der Waals surface area contributed by atoms with E-state index in [1.807, 2.05) is 6.26 Å². The molecular formula is C20H35N7O6S. The number of H-pyrrole nitrogens is 1. The molecule has 1 heterocycles. The lowest BCUT2D eigenvalue weighted by molar-refractivity contribution is -0.143. The van der Waals surface area contributed by atoms with E-state index in [2.05, 4.69) is 25.9 Å². The molecule has 1 rings (SSSR count). The summed E-state index contributed by atoms with van der Waals surface area (Å²) in [6, 6.07) is -4.45. The van der Waals surface area contributed by atoms with Crippen LogP contribution < -0.4 is 27.4 Å². The minimum absolute atomic E-state index is 0.194. The highest BCUT2D eigenvalue weighted by molar-refractivity contribution is 7.98. The second-order valence-corrected chi connectivity index (χ2v) is 8.64. The van der Waals surface area contributed by atoms with Gasteiger partial charge in [-0.25, -0.2) is 9.78 Å². The monoisotopic (exact) mass is 501 g/mol. The topological polar surface area (TPSA) is 226 Å². The number of carbonyl (C=O) groups is 4. The van der Waals surface area contributed by atoms with Crippen molar-refractivity contribution in [1.29, 1.82) is 0 Å². The standard InChI is InChI=1S/C20H35N7O6S/c1-34-7-5-15(19(31)27-16(10-28)20(32)33)26-18(30)14(4-2-3-6-21)25-17(29)13(22)8-12-9-23-11-24-12/h9,11,13-16,28H,2-8,10,21-22H2,1H3,(H,23,24)(H,25,29)(H,26,30)(H,27,31)(H,32,33). The Balaban J connectivity index is 2.88. The number of aliphatic hydroxyl groups excluding tert-OH is 1. The van der Waals surface area contributed by atoms with E-state index in [0.717, 1.165) is 0 Å². The van der Waals surface area contributed by atoms with Gasteiger partial charge in [0.2, 0.25) is 17.7 Å². The van der Waals surface area contributed by atoms with E-state index in [-0.39, 0.29) is 19.3 Å². The van der Waals surface area contributed by atoms with Crippen molar-refractivity contribution in [3.8, 4) is 0 Å². The molecule has 13 nitrogen and oxygen atoms in total. The van der Waals surface area contributed by atoms with E-state index < -0.39 is 54.5 Å². The Morgan fingerprint density at radius 3 is 2.21 bits per heavy atom. The first-order valence-electron chi connectivity index (χ1n) is 10.9. The molecule has 0 aliphatic rings. The molecule has 0 saturated heterocycles. The second-order valence-electron chi connectivity index (χ2n) is 7.66. The summed E-state index contributed by atoms with van der Waals surface area (Å²) >= 11 is 1.44. The fourth-order valence-corrected chi connectivity index (χ4v) is 3.47. The Kier molecular flexibility index (Phi) is 13.8. The molecule has 0 spiro atoms. The molecule has 4 atom stereocenters. The number of hydrogen-bond donors (Lipinski definition) is 8. The normalized spacial score (nSPS) is 14.5. The molecule has 1 aromatic heterocycles. The van der Waals surface area contributed by atoms with Crippen molar-refractivity contribution in [2.24, 2.45) is 11.5 Å². The van der Waals surface area contributed by atoms with Crippen LogP contribution in [-0.2, 0) is 25.6 Å².